The zero-order chi connectivity index (χ0) is 26.8. The number of nitrogens with zero attached hydrogens (tertiary/aromatic N) is 4. The van der Waals surface area contributed by atoms with Gasteiger partial charge in [0.05, 0.1) is 28.0 Å². The van der Waals surface area contributed by atoms with Crippen LogP contribution in [0.5, 0.6) is 0 Å². The summed E-state index contributed by atoms with van der Waals surface area (Å²) in [5.41, 5.74) is 1.05. The zero-order valence-electron chi connectivity index (χ0n) is 21.2. The van der Waals surface area contributed by atoms with Crippen molar-refractivity contribution in [3.63, 3.8) is 0 Å². The van der Waals surface area contributed by atoms with Crippen LogP contribution < -0.4 is 5.32 Å². The molecule has 2 aliphatic rings. The second kappa shape index (κ2) is 10.8. The maximum Gasteiger partial charge on any atom is 0.273 e. The van der Waals surface area contributed by atoms with Crippen LogP contribution in [0.4, 0.5) is 0 Å². The maximum atomic E-state index is 13.7. The number of nitrogens with one attached hydrogen (secondary N) is 1. The van der Waals surface area contributed by atoms with Crippen LogP contribution in [-0.2, 0) is 9.59 Å². The third-order valence-corrected chi connectivity index (χ3v) is 8.01. The summed E-state index contributed by atoms with van der Waals surface area (Å²) in [5.74, 6) is -0.970. The van der Waals surface area contributed by atoms with E-state index in [9.17, 15) is 19.2 Å². The summed E-state index contributed by atoms with van der Waals surface area (Å²) in [5, 5.41) is 2.92. The first kappa shape index (κ1) is 25.7. The third kappa shape index (κ3) is 5.08. The first-order valence-electron chi connectivity index (χ1n) is 12.7. The molecule has 10 heteroatoms. The number of ketones is 1. The summed E-state index contributed by atoms with van der Waals surface area (Å²) in [7, 11) is 0. The van der Waals surface area contributed by atoms with Crippen molar-refractivity contribution in [2.24, 2.45) is 5.92 Å². The second-order valence-corrected chi connectivity index (χ2v) is 11.1. The number of carbonyl (C=O) groups is 4. The van der Waals surface area contributed by atoms with Gasteiger partial charge in [0.15, 0.2) is 5.78 Å². The van der Waals surface area contributed by atoms with E-state index in [0.29, 0.717) is 24.3 Å². The molecule has 3 aromatic rings. The summed E-state index contributed by atoms with van der Waals surface area (Å²) < 4.78 is 0. The average Bonchev–Trinajstić information content (AvgIpc) is 3.66. The smallest absolute Gasteiger partial charge is 0.273 e. The molecule has 0 saturated carbocycles. The predicted octanol–water partition coefficient (Wildman–Crippen LogP) is 3.04. The predicted molar refractivity (Wildman–Crippen MR) is 142 cm³/mol. The number of rotatable bonds is 7. The Labute approximate surface area is 224 Å². The van der Waals surface area contributed by atoms with Crippen molar-refractivity contribution < 1.29 is 19.2 Å². The summed E-state index contributed by atoms with van der Waals surface area (Å²) in [4.78, 5) is 65.9. The Morgan fingerprint density at radius 1 is 1.03 bits per heavy atom. The third-order valence-electron chi connectivity index (χ3n) is 6.91. The van der Waals surface area contributed by atoms with Gasteiger partial charge in [0.1, 0.15) is 17.8 Å². The molecule has 0 aromatic carbocycles. The minimum atomic E-state index is -0.782. The molecule has 5 rings (SSSR count). The van der Waals surface area contributed by atoms with Crippen molar-refractivity contribution in [3.05, 3.63) is 71.5 Å². The number of fused-ring (bicyclic) bond motifs is 1. The van der Waals surface area contributed by atoms with Gasteiger partial charge >= 0.3 is 0 Å². The zero-order valence-corrected chi connectivity index (χ0v) is 22.1. The monoisotopic (exact) mass is 531 g/mol. The minimum absolute atomic E-state index is 0.0543. The Kier molecular flexibility index (Phi) is 7.33. The van der Waals surface area contributed by atoms with Gasteiger partial charge in [0.2, 0.25) is 5.91 Å². The number of amides is 3. The van der Waals surface area contributed by atoms with E-state index in [4.69, 9.17) is 0 Å². The summed E-state index contributed by atoms with van der Waals surface area (Å²) in [6.45, 7) is 4.26. The number of thiophene rings is 1. The van der Waals surface area contributed by atoms with Gasteiger partial charge in [0, 0.05) is 18.9 Å². The Morgan fingerprint density at radius 2 is 1.79 bits per heavy atom. The summed E-state index contributed by atoms with van der Waals surface area (Å²) >= 11 is 1.31. The van der Waals surface area contributed by atoms with E-state index in [2.05, 4.69) is 15.3 Å². The molecule has 2 saturated heterocycles. The van der Waals surface area contributed by atoms with Crippen LogP contribution in [0.1, 0.15) is 46.8 Å². The Balaban J connectivity index is 1.31. The van der Waals surface area contributed by atoms with E-state index in [1.54, 1.807) is 41.6 Å². The highest BCUT2D eigenvalue weighted by Crippen LogP contribution is 2.32. The van der Waals surface area contributed by atoms with Crippen LogP contribution in [0.15, 0.2) is 60.9 Å². The van der Waals surface area contributed by atoms with Crippen LogP contribution in [0.25, 0.3) is 10.6 Å². The molecule has 38 heavy (non-hydrogen) atoms. The van der Waals surface area contributed by atoms with Crippen molar-refractivity contribution in [1.82, 2.24) is 25.1 Å². The lowest BCUT2D eigenvalue weighted by atomic mass is 10.0. The lowest BCUT2D eigenvalue weighted by Crippen LogP contribution is -2.52. The standard InChI is InChI=1S/C28H29N5O4S/c1-17(2)15-20(31-26(35)24-10-9-23(38-24)18-7-3-5-12-29-18)28(37)32-14-11-21-25(32)22(34)16-33(21)27(36)19-8-4-6-13-30-19/h3-10,12-13,17,20-21,25H,11,14-16H2,1-2H3,(H,31,35). The molecule has 1 N–H and O–H groups in total. The van der Waals surface area contributed by atoms with E-state index in [-0.39, 0.29) is 41.7 Å². The maximum absolute atomic E-state index is 13.7. The molecule has 5 heterocycles. The highest BCUT2D eigenvalue weighted by atomic mass is 32.1. The van der Waals surface area contributed by atoms with Gasteiger partial charge in [-0.1, -0.05) is 26.0 Å². The molecule has 0 radical (unpaired) electrons. The van der Waals surface area contributed by atoms with Crippen molar-refractivity contribution in [1.29, 1.82) is 0 Å². The normalized spacial score (nSPS) is 19.5. The van der Waals surface area contributed by atoms with Crippen LogP contribution in [-0.4, -0.2) is 74.5 Å². The molecule has 0 aliphatic carbocycles. The van der Waals surface area contributed by atoms with Crippen LogP contribution >= 0.6 is 11.3 Å². The van der Waals surface area contributed by atoms with E-state index in [1.807, 2.05) is 38.1 Å². The fourth-order valence-corrected chi connectivity index (χ4v) is 6.09. The van der Waals surface area contributed by atoms with Gasteiger partial charge in [0.25, 0.3) is 11.8 Å². The molecule has 2 fully saturated rings. The van der Waals surface area contributed by atoms with Crippen molar-refractivity contribution in [2.45, 2.75) is 44.8 Å². The fourth-order valence-electron chi connectivity index (χ4n) is 5.20. The van der Waals surface area contributed by atoms with Gasteiger partial charge in [-0.15, -0.1) is 11.3 Å². The fraction of sp³-hybridized carbons (Fsp3) is 0.357. The van der Waals surface area contributed by atoms with Crippen LogP contribution in [0.2, 0.25) is 0 Å². The topological polar surface area (TPSA) is 113 Å². The quantitative estimate of drug-likeness (QED) is 0.502. The van der Waals surface area contributed by atoms with E-state index < -0.39 is 18.1 Å². The number of hydrogen-bond acceptors (Lipinski definition) is 7. The molecular formula is C28H29N5O4S. The Morgan fingerprint density at radius 3 is 2.47 bits per heavy atom. The number of pyridine rings is 2. The lowest BCUT2D eigenvalue weighted by molar-refractivity contribution is -0.138. The minimum Gasteiger partial charge on any atom is -0.340 e. The van der Waals surface area contributed by atoms with Gasteiger partial charge in [-0.3, -0.25) is 29.1 Å². The molecule has 0 spiro atoms. The van der Waals surface area contributed by atoms with Gasteiger partial charge in [-0.05, 0) is 55.2 Å². The molecule has 9 nitrogen and oxygen atoms in total. The van der Waals surface area contributed by atoms with Crippen LogP contribution in [0.3, 0.4) is 0 Å². The Bertz CT molecular complexity index is 1340. The summed E-state index contributed by atoms with van der Waals surface area (Å²) in [6.07, 6.45) is 4.17. The molecule has 0 bridgehead atoms. The average molecular weight is 532 g/mol. The first-order chi connectivity index (χ1) is 18.3. The largest absolute Gasteiger partial charge is 0.340 e. The van der Waals surface area contributed by atoms with E-state index in [0.717, 1.165) is 10.6 Å². The van der Waals surface area contributed by atoms with E-state index in [1.165, 1.54) is 16.2 Å². The molecule has 3 aromatic heterocycles. The highest BCUT2D eigenvalue weighted by molar-refractivity contribution is 7.17. The highest BCUT2D eigenvalue weighted by Gasteiger charge is 2.52. The van der Waals surface area contributed by atoms with Gasteiger partial charge in [-0.2, -0.15) is 0 Å². The molecule has 2 aliphatic heterocycles. The van der Waals surface area contributed by atoms with E-state index >= 15 is 0 Å². The molecular weight excluding hydrogens is 502 g/mol. The number of likely N-dealkylation sites (tertiary alicyclic amines) is 2. The second-order valence-electron chi connectivity index (χ2n) is 9.98. The van der Waals surface area contributed by atoms with Crippen molar-refractivity contribution in [2.75, 3.05) is 13.1 Å². The molecule has 3 amide bonds. The molecule has 196 valence electrons. The van der Waals surface area contributed by atoms with Crippen molar-refractivity contribution in [3.8, 4) is 10.6 Å². The lowest BCUT2D eigenvalue weighted by Gasteiger charge is -2.29. The number of Topliss-reactive ketones (excluding diaryl/α,β-unsaturated/α-hetero) is 1. The van der Waals surface area contributed by atoms with Gasteiger partial charge < -0.3 is 15.1 Å². The molecule has 3 atom stereocenters. The first-order valence-corrected chi connectivity index (χ1v) is 13.5. The number of hydrogen-bond donors (Lipinski definition) is 1. The Hall–Kier alpha value is -3.92. The van der Waals surface area contributed by atoms with Gasteiger partial charge in [-0.25, -0.2) is 0 Å². The number of aromatic nitrogens is 2. The SMILES string of the molecule is CC(C)CC(NC(=O)c1ccc(-c2ccccn2)s1)C(=O)N1CCC2C1C(=O)CN2C(=O)c1ccccn1. The molecule has 3 unspecified atom stereocenters. The number of carbonyl (C=O) groups excluding carboxylic acids is 4. The summed E-state index contributed by atoms with van der Waals surface area (Å²) in [6, 6.07) is 12.4. The van der Waals surface area contributed by atoms with Crippen LogP contribution in [0, 0.1) is 5.92 Å². The van der Waals surface area contributed by atoms with Crippen molar-refractivity contribution >= 4 is 34.8 Å².